The lowest BCUT2D eigenvalue weighted by Crippen LogP contribution is -2.18. The molecule has 0 saturated heterocycles. The van der Waals surface area contributed by atoms with E-state index in [0.717, 1.165) is 5.39 Å². The summed E-state index contributed by atoms with van der Waals surface area (Å²) in [4.78, 5) is 22.6. The zero-order valence-corrected chi connectivity index (χ0v) is 14.4. The number of ether oxygens (including phenoxy) is 2. The van der Waals surface area contributed by atoms with E-state index < -0.39 is 5.91 Å². The number of carbonyl (C=O) groups excluding carboxylic acids is 1. The minimum absolute atomic E-state index is 0.167. The maximum absolute atomic E-state index is 12.6. The summed E-state index contributed by atoms with van der Waals surface area (Å²) in [7, 11) is 6.65. The van der Waals surface area contributed by atoms with Gasteiger partial charge in [0, 0.05) is 19.5 Å². The summed E-state index contributed by atoms with van der Waals surface area (Å²) in [5.41, 5.74) is 0.970. The van der Waals surface area contributed by atoms with Crippen LogP contribution in [0.15, 0.2) is 34.9 Å². The zero-order valence-electron chi connectivity index (χ0n) is 14.4. The third-order valence-electron chi connectivity index (χ3n) is 3.55. The van der Waals surface area contributed by atoms with Gasteiger partial charge in [-0.1, -0.05) is 12.1 Å². The summed E-state index contributed by atoms with van der Waals surface area (Å²) in [6.45, 7) is 0. The van der Waals surface area contributed by atoms with Crippen LogP contribution in [0.4, 0.5) is 11.5 Å². The molecule has 8 heteroatoms. The largest absolute Gasteiger partial charge is 0.493 e. The minimum atomic E-state index is -0.407. The van der Waals surface area contributed by atoms with Gasteiger partial charge in [-0.3, -0.25) is 4.79 Å². The molecule has 0 aliphatic carbocycles. The van der Waals surface area contributed by atoms with Gasteiger partial charge in [-0.25, -0.2) is 4.98 Å². The van der Waals surface area contributed by atoms with E-state index in [2.05, 4.69) is 15.3 Å². The van der Waals surface area contributed by atoms with Crippen molar-refractivity contribution in [1.29, 1.82) is 0 Å². The molecule has 0 radical (unpaired) electrons. The number of nitrogens with one attached hydrogen (secondary N) is 1. The van der Waals surface area contributed by atoms with Crippen molar-refractivity contribution in [2.75, 3.05) is 38.5 Å². The Hall–Kier alpha value is -3.29. The molecule has 0 atom stereocenters. The normalized spacial score (nSPS) is 10.6. The van der Waals surface area contributed by atoms with Gasteiger partial charge in [0.15, 0.2) is 22.9 Å². The smallest absolute Gasteiger partial charge is 0.318 e. The Balaban J connectivity index is 1.92. The van der Waals surface area contributed by atoms with Gasteiger partial charge in [-0.2, -0.15) is 4.98 Å². The highest BCUT2D eigenvalue weighted by atomic mass is 16.5. The topological polar surface area (TPSA) is 89.7 Å². The maximum Gasteiger partial charge on any atom is 0.318 e. The number of amides is 1. The maximum atomic E-state index is 12.6. The van der Waals surface area contributed by atoms with E-state index in [1.165, 1.54) is 13.3 Å². The average Bonchev–Trinajstić information content (AvgIpc) is 3.06. The number of rotatable bonds is 5. The molecule has 25 heavy (non-hydrogen) atoms. The van der Waals surface area contributed by atoms with Crippen LogP contribution in [0.1, 0.15) is 10.6 Å². The summed E-state index contributed by atoms with van der Waals surface area (Å²) in [5, 5.41) is 3.54. The molecule has 0 bridgehead atoms. The fourth-order valence-electron chi connectivity index (χ4n) is 2.38. The first-order valence-electron chi connectivity index (χ1n) is 7.49. The van der Waals surface area contributed by atoms with Gasteiger partial charge in [0.1, 0.15) is 5.69 Å². The average molecular weight is 342 g/mol. The number of nitrogens with zero attached hydrogens (tertiary/aromatic N) is 3. The predicted molar refractivity (Wildman–Crippen MR) is 93.6 cm³/mol. The highest BCUT2D eigenvalue weighted by molar-refractivity contribution is 6.06. The first-order valence-corrected chi connectivity index (χ1v) is 7.49. The summed E-state index contributed by atoms with van der Waals surface area (Å²) in [6.07, 6.45) is 1.49. The van der Waals surface area contributed by atoms with Gasteiger partial charge >= 0.3 is 6.01 Å². The minimum Gasteiger partial charge on any atom is -0.493 e. The Bertz CT molecular complexity index is 920. The van der Waals surface area contributed by atoms with Gasteiger partial charge in [0.25, 0.3) is 5.91 Å². The molecular formula is C17H18N4O4. The summed E-state index contributed by atoms with van der Waals surface area (Å²) in [6, 6.07) is 7.33. The number of anilines is 2. The molecule has 8 nitrogen and oxygen atoms in total. The van der Waals surface area contributed by atoms with E-state index in [1.54, 1.807) is 24.1 Å². The lowest BCUT2D eigenvalue weighted by molar-refractivity contribution is 0.0998. The Kier molecular flexibility index (Phi) is 4.42. The van der Waals surface area contributed by atoms with Crippen molar-refractivity contribution < 1.29 is 18.7 Å². The van der Waals surface area contributed by atoms with Crippen molar-refractivity contribution in [2.24, 2.45) is 0 Å². The molecule has 2 aromatic heterocycles. The van der Waals surface area contributed by atoms with Crippen LogP contribution in [0.25, 0.3) is 11.0 Å². The van der Waals surface area contributed by atoms with Crippen molar-refractivity contribution in [1.82, 2.24) is 9.97 Å². The number of carbonyl (C=O) groups is 1. The molecule has 3 aromatic rings. The number of furan rings is 1. The number of aromatic nitrogens is 2. The molecule has 1 N–H and O–H groups in total. The predicted octanol–water partition coefficient (Wildman–Crippen LogP) is 2.56. The lowest BCUT2D eigenvalue weighted by atomic mass is 10.2. The molecule has 0 fully saturated rings. The molecule has 0 saturated carbocycles. The number of para-hydroxylation sites is 1. The quantitative estimate of drug-likeness (QED) is 0.762. The number of methoxy groups -OCH3 is 2. The van der Waals surface area contributed by atoms with Gasteiger partial charge < -0.3 is 24.1 Å². The third kappa shape index (κ3) is 3.18. The highest BCUT2D eigenvalue weighted by Gasteiger charge is 2.18. The van der Waals surface area contributed by atoms with Crippen LogP contribution in [-0.4, -0.2) is 44.2 Å². The molecule has 0 aliphatic rings. The first-order chi connectivity index (χ1) is 12.0. The molecule has 0 spiro atoms. The number of hydrogen-bond donors (Lipinski definition) is 1. The third-order valence-corrected chi connectivity index (χ3v) is 3.55. The molecule has 0 aliphatic heterocycles. The van der Waals surface area contributed by atoms with Crippen molar-refractivity contribution >= 4 is 28.4 Å². The van der Waals surface area contributed by atoms with Gasteiger partial charge in [0.05, 0.1) is 20.4 Å². The Morgan fingerprint density at radius 3 is 2.72 bits per heavy atom. The second kappa shape index (κ2) is 6.68. The molecule has 1 aromatic carbocycles. The summed E-state index contributed by atoms with van der Waals surface area (Å²) in [5.74, 6) is 0.849. The van der Waals surface area contributed by atoms with Crippen molar-refractivity contribution in [2.45, 2.75) is 0 Å². The second-order valence-electron chi connectivity index (χ2n) is 5.43. The number of fused-ring (bicyclic) bond motifs is 1. The number of benzene rings is 1. The van der Waals surface area contributed by atoms with Gasteiger partial charge in [-0.15, -0.1) is 0 Å². The van der Waals surface area contributed by atoms with E-state index >= 15 is 0 Å². The van der Waals surface area contributed by atoms with Crippen molar-refractivity contribution in [3.05, 3.63) is 36.2 Å². The number of hydrogen-bond acceptors (Lipinski definition) is 7. The van der Waals surface area contributed by atoms with Gasteiger partial charge in [-0.05, 0) is 12.1 Å². The van der Waals surface area contributed by atoms with Crippen molar-refractivity contribution in [3.63, 3.8) is 0 Å². The standard InChI is InChI=1S/C17H18N4O4/c1-21(2)15-11(9-18-17(20-15)24-4)19-16(22)13-8-10-6-5-7-12(23-3)14(10)25-13/h5-9H,1-4H3,(H,19,22). The monoisotopic (exact) mass is 342 g/mol. The molecular weight excluding hydrogens is 324 g/mol. The molecule has 2 heterocycles. The van der Waals surface area contributed by atoms with E-state index in [0.29, 0.717) is 22.8 Å². The zero-order chi connectivity index (χ0) is 18.0. The van der Waals surface area contributed by atoms with Crippen LogP contribution in [-0.2, 0) is 0 Å². The van der Waals surface area contributed by atoms with Crippen LogP contribution in [0.3, 0.4) is 0 Å². The van der Waals surface area contributed by atoms with E-state index in [-0.39, 0.29) is 11.8 Å². The van der Waals surface area contributed by atoms with Gasteiger partial charge in [0.2, 0.25) is 0 Å². The highest BCUT2D eigenvalue weighted by Crippen LogP contribution is 2.29. The summed E-state index contributed by atoms with van der Waals surface area (Å²) >= 11 is 0. The Labute approximate surface area is 144 Å². The van der Waals surface area contributed by atoms with E-state index in [9.17, 15) is 4.79 Å². The van der Waals surface area contributed by atoms with E-state index in [1.807, 2.05) is 26.2 Å². The lowest BCUT2D eigenvalue weighted by Gasteiger charge is -2.16. The Morgan fingerprint density at radius 1 is 1.24 bits per heavy atom. The second-order valence-corrected chi connectivity index (χ2v) is 5.43. The van der Waals surface area contributed by atoms with Crippen LogP contribution in [0.2, 0.25) is 0 Å². The SMILES string of the molecule is COc1ncc(NC(=O)c2cc3cccc(OC)c3o2)c(N(C)C)n1. The Morgan fingerprint density at radius 2 is 2.04 bits per heavy atom. The molecule has 3 rings (SSSR count). The first kappa shape index (κ1) is 16.6. The van der Waals surface area contributed by atoms with Crippen LogP contribution < -0.4 is 19.7 Å². The summed E-state index contributed by atoms with van der Waals surface area (Å²) < 4.78 is 15.9. The molecule has 130 valence electrons. The molecule has 1 amide bonds. The molecule has 0 unspecified atom stereocenters. The van der Waals surface area contributed by atoms with E-state index in [4.69, 9.17) is 13.9 Å². The van der Waals surface area contributed by atoms with Crippen LogP contribution in [0.5, 0.6) is 11.8 Å². The van der Waals surface area contributed by atoms with Crippen LogP contribution >= 0.6 is 0 Å². The fourth-order valence-corrected chi connectivity index (χ4v) is 2.38. The van der Waals surface area contributed by atoms with Crippen molar-refractivity contribution in [3.8, 4) is 11.8 Å². The van der Waals surface area contributed by atoms with Crippen LogP contribution in [0, 0.1) is 0 Å². The fraction of sp³-hybridized carbons (Fsp3) is 0.235.